The molecule has 7 nitrogen and oxygen atoms in total. The second-order valence-electron chi connectivity index (χ2n) is 6.63. The van der Waals surface area contributed by atoms with Gasteiger partial charge < -0.3 is 4.42 Å². The Morgan fingerprint density at radius 3 is 2.60 bits per heavy atom. The largest absolute Gasteiger partial charge is 0.461 e. The highest BCUT2D eigenvalue weighted by Gasteiger charge is 2.30. The molecule has 9 heteroatoms. The van der Waals surface area contributed by atoms with Crippen molar-refractivity contribution in [3.05, 3.63) is 66.2 Å². The second kappa shape index (κ2) is 6.89. The summed E-state index contributed by atoms with van der Waals surface area (Å²) < 4.78 is 18.7. The summed E-state index contributed by atoms with van der Waals surface area (Å²) in [4.78, 5) is 35.0. The highest BCUT2D eigenvalue weighted by atomic mass is 32.1. The molecule has 1 aromatic carbocycles. The molecule has 2 amide bonds. The van der Waals surface area contributed by atoms with E-state index in [1.54, 1.807) is 31.2 Å². The third-order valence-corrected chi connectivity index (χ3v) is 5.66. The number of furan rings is 1. The zero-order valence-electron chi connectivity index (χ0n) is 15.5. The van der Waals surface area contributed by atoms with Crippen molar-refractivity contribution >= 4 is 39.2 Å². The highest BCUT2D eigenvalue weighted by Crippen LogP contribution is 2.37. The number of thiophene rings is 1. The molecular weight excluding hydrogens is 407 g/mol. The minimum atomic E-state index is -0.474. The monoisotopic (exact) mass is 420 g/mol. The molecule has 0 unspecified atom stereocenters. The number of rotatable bonds is 4. The summed E-state index contributed by atoms with van der Waals surface area (Å²) >= 11 is 1.39. The number of nitrogens with one attached hydrogen (secondary N) is 1. The van der Waals surface area contributed by atoms with Crippen LogP contribution in [0.4, 0.5) is 10.2 Å². The molecule has 1 N–H and O–H groups in total. The third kappa shape index (κ3) is 3.05. The molecule has 0 radical (unpaired) electrons. The smallest absolute Gasteiger partial charge is 0.275 e. The normalized spacial score (nSPS) is 13.9. The Hall–Kier alpha value is -3.85. The van der Waals surface area contributed by atoms with Crippen molar-refractivity contribution in [2.24, 2.45) is 0 Å². The van der Waals surface area contributed by atoms with E-state index < -0.39 is 11.8 Å². The van der Waals surface area contributed by atoms with Crippen molar-refractivity contribution in [2.75, 3.05) is 5.43 Å². The van der Waals surface area contributed by atoms with E-state index in [0.717, 1.165) is 15.4 Å². The first-order chi connectivity index (χ1) is 14.5. The van der Waals surface area contributed by atoms with Crippen LogP contribution in [0, 0.1) is 5.82 Å². The fraction of sp³-hybridized carbons (Fsp3) is 0.0476. The number of amides is 2. The molecule has 0 spiro atoms. The Morgan fingerprint density at radius 2 is 1.93 bits per heavy atom. The molecule has 0 fully saturated rings. The number of imide groups is 1. The Labute approximate surface area is 173 Å². The van der Waals surface area contributed by atoms with Gasteiger partial charge in [-0.2, -0.15) is 5.01 Å². The van der Waals surface area contributed by atoms with Crippen molar-refractivity contribution < 1.29 is 18.4 Å². The molecule has 0 aliphatic carbocycles. The first-order valence-electron chi connectivity index (χ1n) is 8.94. The van der Waals surface area contributed by atoms with Gasteiger partial charge in [0.15, 0.2) is 17.4 Å². The SMILES string of the molecule is CC1=CC(=O)N(Nc2nc(-c3ccco3)nc3sc(-c4ccc(F)cc4)cc23)C1=O. The highest BCUT2D eigenvalue weighted by molar-refractivity contribution is 7.22. The van der Waals surface area contributed by atoms with Gasteiger partial charge in [0.2, 0.25) is 0 Å². The first-order valence-corrected chi connectivity index (χ1v) is 9.76. The number of aromatic nitrogens is 2. The number of benzene rings is 1. The average Bonchev–Trinajstić information content (AvgIpc) is 3.45. The van der Waals surface area contributed by atoms with Crippen molar-refractivity contribution in [3.8, 4) is 22.0 Å². The van der Waals surface area contributed by atoms with Crippen LogP contribution in [0.25, 0.3) is 32.2 Å². The number of anilines is 1. The van der Waals surface area contributed by atoms with Crippen molar-refractivity contribution in [1.29, 1.82) is 0 Å². The van der Waals surface area contributed by atoms with Gasteiger partial charge in [-0.1, -0.05) is 12.1 Å². The van der Waals surface area contributed by atoms with Gasteiger partial charge in [0.1, 0.15) is 10.6 Å². The lowest BCUT2D eigenvalue weighted by molar-refractivity contribution is -0.135. The van der Waals surface area contributed by atoms with E-state index in [0.29, 0.717) is 33.2 Å². The van der Waals surface area contributed by atoms with Gasteiger partial charge in [0.05, 0.1) is 11.6 Å². The standard InChI is InChI=1S/C21H13FN4O3S/c1-11-9-17(27)26(21(11)28)25-18-14-10-16(12-4-6-13(22)7-5-12)30-20(14)24-19(23-18)15-3-2-8-29-15/h2-10H,1H3,(H,23,24,25). The fourth-order valence-electron chi connectivity index (χ4n) is 3.08. The van der Waals surface area contributed by atoms with Gasteiger partial charge >= 0.3 is 0 Å². The lowest BCUT2D eigenvalue weighted by Crippen LogP contribution is -2.36. The molecule has 0 saturated heterocycles. The van der Waals surface area contributed by atoms with Crippen molar-refractivity contribution in [1.82, 2.24) is 15.0 Å². The summed E-state index contributed by atoms with van der Waals surface area (Å²) in [6.07, 6.45) is 2.77. The van der Waals surface area contributed by atoms with Gasteiger partial charge in [0.25, 0.3) is 11.8 Å². The van der Waals surface area contributed by atoms with Gasteiger partial charge in [-0.15, -0.1) is 11.3 Å². The maximum Gasteiger partial charge on any atom is 0.275 e. The molecule has 3 aromatic heterocycles. The van der Waals surface area contributed by atoms with E-state index in [9.17, 15) is 14.0 Å². The molecule has 30 heavy (non-hydrogen) atoms. The van der Waals surface area contributed by atoms with Gasteiger partial charge in [0, 0.05) is 16.5 Å². The fourth-order valence-corrected chi connectivity index (χ4v) is 4.12. The summed E-state index contributed by atoms with van der Waals surface area (Å²) in [7, 11) is 0. The quantitative estimate of drug-likeness (QED) is 0.493. The predicted octanol–water partition coefficient (Wildman–Crippen LogP) is 4.40. The molecule has 0 atom stereocenters. The molecule has 4 heterocycles. The number of hydrogen-bond donors (Lipinski definition) is 1. The van der Waals surface area contributed by atoms with Crippen LogP contribution in [0.3, 0.4) is 0 Å². The summed E-state index contributed by atoms with van der Waals surface area (Å²) in [6, 6.07) is 11.4. The molecule has 4 aromatic rings. The third-order valence-electron chi connectivity index (χ3n) is 4.58. The number of hydrogen-bond acceptors (Lipinski definition) is 7. The summed E-state index contributed by atoms with van der Waals surface area (Å²) in [6.45, 7) is 1.57. The maximum atomic E-state index is 13.3. The number of halogens is 1. The summed E-state index contributed by atoms with van der Waals surface area (Å²) in [5.41, 5.74) is 3.98. The maximum absolute atomic E-state index is 13.3. The van der Waals surface area contributed by atoms with Crippen LogP contribution in [0.5, 0.6) is 0 Å². The number of hydrazine groups is 1. The lowest BCUT2D eigenvalue weighted by Gasteiger charge is -2.17. The van der Waals surface area contributed by atoms with Crippen molar-refractivity contribution in [2.45, 2.75) is 6.92 Å². The summed E-state index contributed by atoms with van der Waals surface area (Å²) in [5.74, 6) is -0.189. The zero-order valence-corrected chi connectivity index (χ0v) is 16.4. The molecule has 0 saturated carbocycles. The number of nitrogens with zero attached hydrogens (tertiary/aromatic N) is 3. The Bertz CT molecular complexity index is 1330. The molecule has 1 aliphatic heterocycles. The van der Waals surface area contributed by atoms with E-state index >= 15 is 0 Å². The number of carbonyl (C=O) groups is 2. The van der Waals surface area contributed by atoms with Crippen LogP contribution in [-0.2, 0) is 9.59 Å². The second-order valence-corrected chi connectivity index (χ2v) is 7.66. The average molecular weight is 420 g/mol. The predicted molar refractivity (Wildman–Crippen MR) is 110 cm³/mol. The Kier molecular flexibility index (Phi) is 4.18. The van der Waals surface area contributed by atoms with Gasteiger partial charge in [-0.05, 0) is 42.8 Å². The van der Waals surface area contributed by atoms with E-state index in [1.165, 1.54) is 35.8 Å². The van der Waals surface area contributed by atoms with Gasteiger partial charge in [-0.3, -0.25) is 15.0 Å². The molecule has 5 rings (SSSR count). The van der Waals surface area contributed by atoms with E-state index in [4.69, 9.17) is 4.42 Å². The Balaban J connectivity index is 1.64. The molecule has 1 aliphatic rings. The van der Waals surface area contributed by atoms with Crippen LogP contribution in [0.1, 0.15) is 6.92 Å². The van der Waals surface area contributed by atoms with Crippen LogP contribution in [0.15, 0.2) is 64.8 Å². The molecular formula is C21H13FN4O3S. The van der Waals surface area contributed by atoms with E-state index in [-0.39, 0.29) is 5.82 Å². The van der Waals surface area contributed by atoms with Crippen molar-refractivity contribution in [3.63, 3.8) is 0 Å². The zero-order chi connectivity index (χ0) is 20.8. The topological polar surface area (TPSA) is 88.3 Å². The number of carbonyl (C=O) groups excluding carboxylic acids is 2. The van der Waals surface area contributed by atoms with Crippen LogP contribution < -0.4 is 5.43 Å². The van der Waals surface area contributed by atoms with E-state index in [2.05, 4.69) is 15.4 Å². The van der Waals surface area contributed by atoms with Crippen LogP contribution in [-0.4, -0.2) is 26.8 Å². The van der Waals surface area contributed by atoms with Crippen LogP contribution in [0.2, 0.25) is 0 Å². The van der Waals surface area contributed by atoms with E-state index in [1.807, 2.05) is 6.07 Å². The Morgan fingerprint density at radius 1 is 1.13 bits per heavy atom. The number of fused-ring (bicyclic) bond motifs is 1. The first kappa shape index (κ1) is 18.2. The van der Waals surface area contributed by atoms with Crippen LogP contribution >= 0.6 is 11.3 Å². The summed E-state index contributed by atoms with van der Waals surface area (Å²) in [5, 5.41) is 1.54. The van der Waals surface area contributed by atoms with Gasteiger partial charge in [-0.25, -0.2) is 14.4 Å². The molecule has 0 bridgehead atoms. The minimum Gasteiger partial charge on any atom is -0.461 e. The minimum absolute atomic E-state index is 0.292. The lowest BCUT2D eigenvalue weighted by atomic mass is 10.2. The molecule has 148 valence electrons.